The number of benzene rings is 1. The van der Waals surface area contributed by atoms with Crippen LogP contribution in [0.2, 0.25) is 0 Å². The molecular weight excluding hydrogens is 379 g/mol. The van der Waals surface area contributed by atoms with E-state index < -0.39 is 23.5 Å². The molecule has 2 N–H and O–H groups in total. The Hall–Kier alpha value is -2.97. The molecule has 0 bridgehead atoms. The minimum atomic E-state index is -0.824. The van der Waals surface area contributed by atoms with E-state index >= 15 is 0 Å². The number of morpholine rings is 1. The number of ether oxygens (including phenoxy) is 1. The van der Waals surface area contributed by atoms with Crippen LogP contribution in [0.25, 0.3) is 5.76 Å². The largest absolute Gasteiger partial charge is 0.507 e. The molecule has 1 aromatic heterocycles. The fraction of sp³-hybridized carbons (Fsp3) is 0.333. The number of furan rings is 1. The third-order valence-corrected chi connectivity index (χ3v) is 5.38. The molecule has 1 atom stereocenters. The van der Waals surface area contributed by atoms with Gasteiger partial charge in [-0.3, -0.25) is 9.59 Å². The molecule has 3 heterocycles. The van der Waals surface area contributed by atoms with Crippen LogP contribution in [0, 0.1) is 5.82 Å². The van der Waals surface area contributed by atoms with Crippen molar-refractivity contribution in [1.29, 1.82) is 0 Å². The number of hydrogen-bond acceptors (Lipinski definition) is 5. The SMILES string of the molecule is O=C1C(=O)N(CC[NH+]2CCOCC2)C(c2ccco2)C1=C(O)c1ccc(F)cc1. The molecule has 2 fully saturated rings. The second-order valence-corrected chi connectivity index (χ2v) is 7.13. The monoisotopic (exact) mass is 401 g/mol. The maximum Gasteiger partial charge on any atom is 0.295 e. The third-order valence-electron chi connectivity index (χ3n) is 5.38. The summed E-state index contributed by atoms with van der Waals surface area (Å²) in [6, 6.07) is 7.63. The number of quaternary nitrogens is 1. The molecule has 8 heteroatoms. The van der Waals surface area contributed by atoms with Crippen molar-refractivity contribution < 1.29 is 33.1 Å². The van der Waals surface area contributed by atoms with Crippen LogP contribution in [-0.2, 0) is 14.3 Å². The molecule has 0 aliphatic carbocycles. The van der Waals surface area contributed by atoms with Gasteiger partial charge in [0, 0.05) is 5.56 Å². The smallest absolute Gasteiger partial charge is 0.295 e. The summed E-state index contributed by atoms with van der Waals surface area (Å²) in [6.07, 6.45) is 1.46. The Kier molecular flexibility index (Phi) is 5.46. The first-order valence-electron chi connectivity index (χ1n) is 9.55. The molecule has 0 radical (unpaired) electrons. The van der Waals surface area contributed by atoms with Crippen molar-refractivity contribution in [3.8, 4) is 0 Å². The van der Waals surface area contributed by atoms with Crippen molar-refractivity contribution in [1.82, 2.24) is 4.90 Å². The number of rotatable bonds is 5. The van der Waals surface area contributed by atoms with Crippen LogP contribution in [0.15, 0.2) is 52.7 Å². The summed E-state index contributed by atoms with van der Waals surface area (Å²) >= 11 is 0. The van der Waals surface area contributed by atoms with E-state index in [0.29, 0.717) is 32.1 Å². The molecule has 0 saturated carbocycles. The minimum Gasteiger partial charge on any atom is -0.507 e. The molecule has 2 saturated heterocycles. The maximum atomic E-state index is 13.3. The lowest BCUT2D eigenvalue weighted by Gasteiger charge is -2.28. The number of halogens is 1. The molecule has 2 aliphatic heterocycles. The molecule has 152 valence electrons. The zero-order valence-corrected chi connectivity index (χ0v) is 15.8. The van der Waals surface area contributed by atoms with E-state index in [2.05, 4.69) is 0 Å². The van der Waals surface area contributed by atoms with Crippen LogP contribution in [0.3, 0.4) is 0 Å². The van der Waals surface area contributed by atoms with E-state index in [4.69, 9.17) is 9.15 Å². The molecule has 1 unspecified atom stereocenters. The normalized spacial score (nSPS) is 22.4. The molecule has 2 aliphatic rings. The fourth-order valence-corrected chi connectivity index (χ4v) is 3.81. The highest BCUT2D eigenvalue weighted by Crippen LogP contribution is 2.39. The fourth-order valence-electron chi connectivity index (χ4n) is 3.81. The van der Waals surface area contributed by atoms with E-state index in [9.17, 15) is 19.1 Å². The Bertz CT molecular complexity index is 917. The molecule has 29 heavy (non-hydrogen) atoms. The average Bonchev–Trinajstić information content (AvgIpc) is 3.35. The Labute approximate surface area is 167 Å². The van der Waals surface area contributed by atoms with Crippen LogP contribution in [0.1, 0.15) is 17.4 Å². The average molecular weight is 401 g/mol. The lowest BCUT2D eigenvalue weighted by atomic mass is 9.99. The summed E-state index contributed by atoms with van der Waals surface area (Å²) in [5.74, 6) is -1.86. The maximum absolute atomic E-state index is 13.3. The molecule has 7 nitrogen and oxygen atoms in total. The standard InChI is InChI=1S/C21H21FN2O5/c22-15-5-3-14(4-6-15)19(25)17-18(16-2-1-11-29-16)24(21(27)20(17)26)8-7-23-9-12-28-13-10-23/h1-6,11,18,25H,7-10,12-13H2/p+1. The topological polar surface area (TPSA) is 84.4 Å². The Balaban J connectivity index is 1.68. The van der Waals surface area contributed by atoms with Crippen LogP contribution < -0.4 is 4.90 Å². The first-order valence-corrected chi connectivity index (χ1v) is 9.55. The number of likely N-dealkylation sites (tertiary alicyclic amines) is 1. The molecular formula is C21H22FN2O5+. The Morgan fingerprint density at radius 1 is 1.17 bits per heavy atom. The summed E-state index contributed by atoms with van der Waals surface area (Å²) in [4.78, 5) is 28.3. The summed E-state index contributed by atoms with van der Waals surface area (Å²) in [7, 11) is 0. The van der Waals surface area contributed by atoms with Gasteiger partial charge in [0.1, 0.15) is 36.5 Å². The van der Waals surface area contributed by atoms with Crippen molar-refractivity contribution >= 4 is 17.4 Å². The number of nitrogens with one attached hydrogen (secondary N) is 1. The van der Waals surface area contributed by atoms with Crippen molar-refractivity contribution in [2.24, 2.45) is 0 Å². The molecule has 1 aromatic carbocycles. The van der Waals surface area contributed by atoms with E-state index in [0.717, 1.165) is 13.1 Å². The quantitative estimate of drug-likeness (QED) is 0.439. The van der Waals surface area contributed by atoms with Crippen molar-refractivity contribution in [3.63, 3.8) is 0 Å². The highest BCUT2D eigenvalue weighted by molar-refractivity contribution is 6.46. The zero-order valence-electron chi connectivity index (χ0n) is 15.8. The lowest BCUT2D eigenvalue weighted by molar-refractivity contribution is -0.907. The van der Waals surface area contributed by atoms with Gasteiger partial charge in [0.05, 0.1) is 38.1 Å². The highest BCUT2D eigenvalue weighted by Gasteiger charge is 2.47. The van der Waals surface area contributed by atoms with Crippen molar-refractivity contribution in [3.05, 3.63) is 65.4 Å². The number of carbonyl (C=O) groups is 2. The number of carbonyl (C=O) groups excluding carboxylic acids is 2. The van der Waals surface area contributed by atoms with Gasteiger partial charge in [0.2, 0.25) is 0 Å². The predicted molar refractivity (Wildman–Crippen MR) is 101 cm³/mol. The first-order chi connectivity index (χ1) is 14.1. The second kappa shape index (κ2) is 8.18. The minimum absolute atomic E-state index is 0.0477. The highest BCUT2D eigenvalue weighted by atomic mass is 19.1. The Morgan fingerprint density at radius 2 is 1.90 bits per heavy atom. The van der Waals surface area contributed by atoms with Gasteiger partial charge in [0.15, 0.2) is 0 Å². The predicted octanol–water partition coefficient (Wildman–Crippen LogP) is 0.756. The second-order valence-electron chi connectivity index (χ2n) is 7.13. The van der Waals surface area contributed by atoms with Gasteiger partial charge in [-0.1, -0.05) is 0 Å². The summed E-state index contributed by atoms with van der Waals surface area (Å²) in [5, 5.41) is 10.8. The lowest BCUT2D eigenvalue weighted by Crippen LogP contribution is -3.14. The molecule has 0 spiro atoms. The van der Waals surface area contributed by atoms with E-state index in [1.54, 1.807) is 12.1 Å². The van der Waals surface area contributed by atoms with E-state index in [1.807, 2.05) is 0 Å². The van der Waals surface area contributed by atoms with E-state index in [-0.39, 0.29) is 16.9 Å². The van der Waals surface area contributed by atoms with Crippen LogP contribution in [-0.4, -0.2) is 61.1 Å². The van der Waals surface area contributed by atoms with Crippen molar-refractivity contribution in [2.75, 3.05) is 39.4 Å². The van der Waals surface area contributed by atoms with Crippen LogP contribution in [0.4, 0.5) is 4.39 Å². The molecule has 1 amide bonds. The zero-order chi connectivity index (χ0) is 20.4. The number of aliphatic hydroxyl groups is 1. The van der Waals surface area contributed by atoms with Crippen molar-refractivity contribution in [2.45, 2.75) is 6.04 Å². The van der Waals surface area contributed by atoms with Gasteiger partial charge >= 0.3 is 0 Å². The van der Waals surface area contributed by atoms with Crippen LogP contribution >= 0.6 is 0 Å². The van der Waals surface area contributed by atoms with Gasteiger partial charge in [-0.25, -0.2) is 4.39 Å². The summed E-state index contributed by atoms with van der Waals surface area (Å²) in [6.45, 7) is 4.01. The summed E-state index contributed by atoms with van der Waals surface area (Å²) in [5.41, 5.74) is 0.216. The number of Topliss-reactive ketones (excluding diaryl/α,β-unsaturated/α-hetero) is 1. The number of ketones is 1. The first kappa shape index (κ1) is 19.4. The summed E-state index contributed by atoms with van der Waals surface area (Å²) < 4.78 is 24.1. The van der Waals surface area contributed by atoms with Gasteiger partial charge in [-0.05, 0) is 36.4 Å². The third kappa shape index (κ3) is 3.81. The van der Waals surface area contributed by atoms with Gasteiger partial charge in [0.25, 0.3) is 11.7 Å². The number of nitrogens with zero attached hydrogens (tertiary/aromatic N) is 1. The number of aliphatic hydroxyl groups excluding tert-OH is 1. The Morgan fingerprint density at radius 3 is 2.55 bits per heavy atom. The van der Waals surface area contributed by atoms with Gasteiger partial charge in [-0.2, -0.15) is 0 Å². The van der Waals surface area contributed by atoms with Gasteiger partial charge in [-0.15, -0.1) is 0 Å². The van der Waals surface area contributed by atoms with Gasteiger partial charge < -0.3 is 24.1 Å². The number of hydrogen-bond donors (Lipinski definition) is 2. The number of amides is 1. The molecule has 2 aromatic rings. The van der Waals surface area contributed by atoms with E-state index in [1.165, 1.54) is 40.3 Å². The van der Waals surface area contributed by atoms with Crippen LogP contribution in [0.5, 0.6) is 0 Å². The molecule has 4 rings (SSSR count).